The van der Waals surface area contributed by atoms with Gasteiger partial charge in [0.25, 0.3) is 0 Å². The third-order valence-electron chi connectivity index (χ3n) is 12.0. The van der Waals surface area contributed by atoms with Crippen LogP contribution in [0.3, 0.4) is 0 Å². The molecule has 0 aliphatic heterocycles. The molecule has 1 unspecified atom stereocenters. The first-order valence-corrected chi connectivity index (χ1v) is 28.5. The third kappa shape index (κ3) is 54.9. The van der Waals surface area contributed by atoms with E-state index in [2.05, 4.69) is 57.2 Å². The van der Waals surface area contributed by atoms with Crippen LogP contribution in [-0.2, 0) is 28.6 Å². The van der Waals surface area contributed by atoms with Crippen LogP contribution in [0.1, 0.15) is 252 Å². The summed E-state index contributed by atoms with van der Waals surface area (Å²) in [7, 11) is 0. The van der Waals surface area contributed by atoms with Gasteiger partial charge in [-0.15, -0.1) is 0 Å². The van der Waals surface area contributed by atoms with Crippen molar-refractivity contribution in [2.75, 3.05) is 13.2 Å². The predicted molar refractivity (Wildman–Crippen MR) is 297 cm³/mol. The van der Waals surface area contributed by atoms with E-state index in [0.29, 0.717) is 19.3 Å². The predicted octanol–water partition coefficient (Wildman–Crippen LogP) is 19.1. The molecule has 0 aliphatic carbocycles. The lowest BCUT2D eigenvalue weighted by Gasteiger charge is -2.18. The average Bonchev–Trinajstić information content (AvgIpc) is 3.35. The maximum absolute atomic E-state index is 12.9. The summed E-state index contributed by atoms with van der Waals surface area (Å²) in [6, 6.07) is 0. The van der Waals surface area contributed by atoms with E-state index in [1.807, 2.05) is 72.9 Å². The van der Waals surface area contributed by atoms with Gasteiger partial charge in [-0.25, -0.2) is 0 Å². The molecule has 0 heterocycles. The van der Waals surface area contributed by atoms with Crippen LogP contribution in [-0.4, -0.2) is 37.2 Å². The van der Waals surface area contributed by atoms with Gasteiger partial charge in [-0.3, -0.25) is 14.4 Å². The highest BCUT2D eigenvalue weighted by molar-refractivity contribution is 5.71. The summed E-state index contributed by atoms with van der Waals surface area (Å²) in [5, 5.41) is 0. The minimum atomic E-state index is -0.806. The molecule has 0 saturated heterocycles. The Morgan fingerprint density at radius 1 is 0.304 bits per heavy atom. The van der Waals surface area contributed by atoms with E-state index in [9.17, 15) is 14.4 Å². The normalized spacial score (nSPS) is 12.9. The second-order valence-corrected chi connectivity index (χ2v) is 18.7. The Kier molecular flexibility index (Phi) is 53.4. The molecule has 0 aromatic carbocycles. The van der Waals surface area contributed by atoms with Crippen molar-refractivity contribution in [1.82, 2.24) is 0 Å². The highest BCUT2D eigenvalue weighted by Crippen LogP contribution is 2.15. The van der Waals surface area contributed by atoms with Crippen LogP contribution in [0.15, 0.2) is 109 Å². The highest BCUT2D eigenvalue weighted by atomic mass is 16.6. The van der Waals surface area contributed by atoms with Crippen LogP contribution in [0.5, 0.6) is 0 Å². The Morgan fingerprint density at radius 3 is 0.913 bits per heavy atom. The van der Waals surface area contributed by atoms with Crippen LogP contribution in [0.4, 0.5) is 0 Å². The number of esters is 3. The number of carbonyl (C=O) groups is 3. The van der Waals surface area contributed by atoms with E-state index in [-0.39, 0.29) is 31.1 Å². The molecule has 1 atom stereocenters. The minimum Gasteiger partial charge on any atom is -0.462 e. The smallest absolute Gasteiger partial charge is 0.306 e. The fraction of sp³-hybridized carbons (Fsp3) is 0.667. The van der Waals surface area contributed by atoms with Gasteiger partial charge in [0.2, 0.25) is 0 Å². The van der Waals surface area contributed by atoms with E-state index in [1.165, 1.54) is 122 Å². The largest absolute Gasteiger partial charge is 0.462 e. The average molecular weight is 958 g/mol. The van der Waals surface area contributed by atoms with Gasteiger partial charge >= 0.3 is 17.9 Å². The lowest BCUT2D eigenvalue weighted by Crippen LogP contribution is -2.30. The molecule has 392 valence electrons. The van der Waals surface area contributed by atoms with Gasteiger partial charge in [-0.05, 0) is 64.2 Å². The minimum absolute atomic E-state index is 0.0991. The summed E-state index contributed by atoms with van der Waals surface area (Å²) < 4.78 is 16.8. The molecule has 6 nitrogen and oxygen atoms in total. The van der Waals surface area contributed by atoms with Crippen molar-refractivity contribution in [2.24, 2.45) is 0 Å². The second-order valence-electron chi connectivity index (χ2n) is 18.7. The molecule has 0 saturated carbocycles. The summed E-state index contributed by atoms with van der Waals surface area (Å²) in [6.45, 7) is 6.44. The Balaban J connectivity index is 4.52. The number of rotatable bonds is 50. The molecular weight excluding hydrogens is 853 g/mol. The lowest BCUT2D eigenvalue weighted by molar-refractivity contribution is -0.167. The molecule has 69 heavy (non-hydrogen) atoms. The molecule has 0 aliphatic rings. The van der Waals surface area contributed by atoms with Crippen molar-refractivity contribution in [1.29, 1.82) is 0 Å². The number of hydrogen-bond acceptors (Lipinski definition) is 6. The monoisotopic (exact) mass is 957 g/mol. The van der Waals surface area contributed by atoms with Gasteiger partial charge in [0.15, 0.2) is 6.10 Å². The van der Waals surface area contributed by atoms with Crippen molar-refractivity contribution < 1.29 is 28.6 Å². The first-order chi connectivity index (χ1) is 34.0. The van der Waals surface area contributed by atoms with Gasteiger partial charge in [-0.2, -0.15) is 0 Å². The van der Waals surface area contributed by atoms with Crippen LogP contribution in [0.25, 0.3) is 0 Å². The molecule has 0 aromatic heterocycles. The maximum atomic E-state index is 12.9. The molecule has 0 spiro atoms. The van der Waals surface area contributed by atoms with Crippen molar-refractivity contribution in [3.05, 3.63) is 109 Å². The SMILES string of the molecule is CC\C=C/C=C\C=C/C=C\C=C\C=C/C=C\CCCCCC(=O)OCC(COC(=O)CCCCCCCCCCCCCCCC)OC(=O)CCCCCCC/C=C\C=C/CCCCCCCCC. The van der Waals surface area contributed by atoms with Gasteiger partial charge in [0.05, 0.1) is 0 Å². The van der Waals surface area contributed by atoms with E-state index >= 15 is 0 Å². The summed E-state index contributed by atoms with van der Waals surface area (Å²) in [5.41, 5.74) is 0. The number of allylic oxidation sites excluding steroid dienone is 18. The second kappa shape index (κ2) is 56.7. The van der Waals surface area contributed by atoms with Gasteiger partial charge in [0.1, 0.15) is 13.2 Å². The molecule has 0 bridgehead atoms. The Bertz CT molecular complexity index is 1420. The molecule has 0 aromatic rings. The Morgan fingerprint density at radius 2 is 0.565 bits per heavy atom. The highest BCUT2D eigenvalue weighted by Gasteiger charge is 2.19. The first-order valence-electron chi connectivity index (χ1n) is 28.5. The lowest BCUT2D eigenvalue weighted by atomic mass is 10.0. The number of ether oxygens (including phenoxy) is 3. The fourth-order valence-corrected chi connectivity index (χ4v) is 7.71. The summed E-state index contributed by atoms with van der Waals surface area (Å²) in [4.78, 5) is 38.1. The van der Waals surface area contributed by atoms with Crippen molar-refractivity contribution >= 4 is 17.9 Å². The third-order valence-corrected chi connectivity index (χ3v) is 12.0. The molecule has 0 amide bonds. The number of carbonyl (C=O) groups excluding carboxylic acids is 3. The van der Waals surface area contributed by atoms with Crippen molar-refractivity contribution in [2.45, 2.75) is 258 Å². The van der Waals surface area contributed by atoms with Crippen LogP contribution in [0, 0.1) is 0 Å². The molecule has 0 rings (SSSR count). The molecular formula is C63H104O6. The Labute approximate surface area is 425 Å². The molecule has 0 radical (unpaired) electrons. The number of hydrogen-bond donors (Lipinski definition) is 0. The summed E-state index contributed by atoms with van der Waals surface area (Å²) in [6.07, 6.45) is 76.4. The van der Waals surface area contributed by atoms with Crippen molar-refractivity contribution in [3.8, 4) is 0 Å². The molecule has 0 fully saturated rings. The first kappa shape index (κ1) is 65.1. The molecule has 6 heteroatoms. The van der Waals surface area contributed by atoms with E-state index < -0.39 is 6.10 Å². The summed E-state index contributed by atoms with van der Waals surface area (Å²) in [5.74, 6) is -0.958. The maximum Gasteiger partial charge on any atom is 0.306 e. The van der Waals surface area contributed by atoms with E-state index in [0.717, 1.165) is 89.9 Å². The standard InChI is InChI=1S/C63H104O6/c1-4-7-10-13-16-19-22-25-28-30-32-34-35-38-41-44-47-50-53-56-62(65)68-59-60(58-67-61(64)55-52-49-46-43-40-37-27-24-21-18-15-12-9-6-3)69-63(66)57-54-51-48-45-42-39-36-33-31-29-26-23-20-17-14-11-8-5-2/h7,10,13,16,19,22,25,28-36,38,41,60H,4-6,8-9,11-12,14-15,17-18,20-21,23-24,26-27,37,39-40,42-59H2,1-3H3/b10-7-,16-13-,22-19-,28-25-,31-29-,32-30+,35-34-,36-33-,41-38-. The van der Waals surface area contributed by atoms with Crippen LogP contribution < -0.4 is 0 Å². The van der Waals surface area contributed by atoms with Gasteiger partial charge in [0, 0.05) is 19.3 Å². The summed E-state index contributed by atoms with van der Waals surface area (Å²) >= 11 is 0. The van der Waals surface area contributed by atoms with Crippen LogP contribution in [0.2, 0.25) is 0 Å². The van der Waals surface area contributed by atoms with E-state index in [4.69, 9.17) is 14.2 Å². The van der Waals surface area contributed by atoms with Gasteiger partial charge < -0.3 is 14.2 Å². The molecule has 0 N–H and O–H groups in total. The van der Waals surface area contributed by atoms with Crippen LogP contribution >= 0.6 is 0 Å². The fourth-order valence-electron chi connectivity index (χ4n) is 7.71. The zero-order valence-electron chi connectivity index (χ0n) is 44.8. The van der Waals surface area contributed by atoms with Gasteiger partial charge in [-0.1, -0.05) is 278 Å². The zero-order chi connectivity index (χ0) is 50.0. The quantitative estimate of drug-likeness (QED) is 0.0262. The Hall–Kier alpha value is -3.93. The van der Waals surface area contributed by atoms with Crippen molar-refractivity contribution in [3.63, 3.8) is 0 Å². The number of unbranched alkanes of at least 4 members (excludes halogenated alkanes) is 28. The van der Waals surface area contributed by atoms with E-state index in [1.54, 1.807) is 0 Å². The topological polar surface area (TPSA) is 78.9 Å². The zero-order valence-corrected chi connectivity index (χ0v) is 44.8.